The number of amides is 1. The molecule has 0 saturated carbocycles. The number of fused-ring (bicyclic) bond motifs is 1. The van der Waals surface area contributed by atoms with Crippen molar-refractivity contribution < 1.29 is 18.7 Å². The highest BCUT2D eigenvalue weighted by molar-refractivity contribution is 6.07. The van der Waals surface area contributed by atoms with Crippen LogP contribution in [0.4, 0.5) is 4.39 Å². The topological polar surface area (TPSA) is 52.5 Å². The summed E-state index contributed by atoms with van der Waals surface area (Å²) in [6.07, 6.45) is 1.83. The Morgan fingerprint density at radius 3 is 2.70 bits per heavy atom. The Balaban J connectivity index is 1.84. The van der Waals surface area contributed by atoms with Gasteiger partial charge in [-0.25, -0.2) is 4.39 Å². The van der Waals surface area contributed by atoms with Crippen LogP contribution in [0.5, 0.6) is 5.75 Å². The van der Waals surface area contributed by atoms with Gasteiger partial charge in [-0.1, -0.05) is 24.3 Å². The molecule has 1 amide bonds. The van der Waals surface area contributed by atoms with Gasteiger partial charge in [0.1, 0.15) is 0 Å². The number of para-hydroxylation sites is 1. The smallest absolute Gasteiger partial charge is 0.253 e. The molecule has 0 spiro atoms. The highest BCUT2D eigenvalue weighted by atomic mass is 19.1. The summed E-state index contributed by atoms with van der Waals surface area (Å²) in [6, 6.07) is 12.1. The fourth-order valence-electron chi connectivity index (χ4n) is 3.11. The second kappa shape index (κ2) is 8.22. The number of halogens is 1. The molecule has 5 nitrogen and oxygen atoms in total. The molecule has 142 valence electrons. The van der Waals surface area contributed by atoms with E-state index in [1.165, 1.54) is 13.2 Å². The van der Waals surface area contributed by atoms with Gasteiger partial charge in [-0.3, -0.25) is 4.79 Å². The molecular weight excluding hydrogens is 347 g/mol. The molecular formula is C21H23FN2O3. The van der Waals surface area contributed by atoms with E-state index in [0.29, 0.717) is 24.3 Å². The van der Waals surface area contributed by atoms with Crippen LogP contribution in [0.25, 0.3) is 10.9 Å². The summed E-state index contributed by atoms with van der Waals surface area (Å²) in [5, 5.41) is 3.82. The van der Waals surface area contributed by atoms with Gasteiger partial charge < -0.3 is 19.4 Å². The number of benzene rings is 2. The van der Waals surface area contributed by atoms with E-state index in [1.807, 2.05) is 42.0 Å². The average molecular weight is 370 g/mol. The van der Waals surface area contributed by atoms with Crippen molar-refractivity contribution in [2.45, 2.75) is 19.5 Å². The molecule has 0 aliphatic carbocycles. The van der Waals surface area contributed by atoms with E-state index < -0.39 is 5.82 Å². The third kappa shape index (κ3) is 3.95. The molecule has 3 rings (SSSR count). The number of hydrogen-bond donors (Lipinski definition) is 1. The minimum absolute atomic E-state index is 0.179. The van der Waals surface area contributed by atoms with Gasteiger partial charge in [-0.2, -0.15) is 0 Å². The lowest BCUT2D eigenvalue weighted by molar-refractivity contribution is 0.0941. The summed E-state index contributed by atoms with van der Waals surface area (Å²) in [6.45, 7) is 3.04. The van der Waals surface area contributed by atoms with Crippen LogP contribution in [0.2, 0.25) is 0 Å². The number of aromatic nitrogens is 1. The summed E-state index contributed by atoms with van der Waals surface area (Å²) in [5.74, 6) is -0.475. The molecule has 1 heterocycles. The van der Waals surface area contributed by atoms with Crippen molar-refractivity contribution in [3.05, 3.63) is 65.6 Å². The molecule has 0 fully saturated rings. The SMILES string of the molecule is COCCn1cc(C(=O)NC(C)c2ccc(OC)c(F)c2)c2ccccc21. The first kappa shape index (κ1) is 18.9. The summed E-state index contributed by atoms with van der Waals surface area (Å²) < 4.78 is 26.0. The predicted molar refractivity (Wildman–Crippen MR) is 103 cm³/mol. The lowest BCUT2D eigenvalue weighted by atomic mass is 10.1. The lowest BCUT2D eigenvalue weighted by Crippen LogP contribution is -2.26. The summed E-state index contributed by atoms with van der Waals surface area (Å²) in [5.41, 5.74) is 2.23. The van der Waals surface area contributed by atoms with Gasteiger partial charge in [0.2, 0.25) is 0 Å². The van der Waals surface area contributed by atoms with Crippen molar-refractivity contribution in [2.75, 3.05) is 20.8 Å². The highest BCUT2D eigenvalue weighted by Gasteiger charge is 2.18. The number of carbonyl (C=O) groups excluding carboxylic acids is 1. The molecule has 0 radical (unpaired) electrons. The largest absolute Gasteiger partial charge is 0.494 e. The van der Waals surface area contributed by atoms with Crippen LogP contribution in [-0.2, 0) is 11.3 Å². The van der Waals surface area contributed by atoms with Crippen LogP contribution < -0.4 is 10.1 Å². The van der Waals surface area contributed by atoms with Gasteiger partial charge in [0.25, 0.3) is 5.91 Å². The quantitative estimate of drug-likeness (QED) is 0.686. The highest BCUT2D eigenvalue weighted by Crippen LogP contribution is 2.24. The van der Waals surface area contributed by atoms with Crippen LogP contribution in [0.3, 0.4) is 0 Å². The Labute approximate surface area is 157 Å². The molecule has 1 atom stereocenters. The van der Waals surface area contributed by atoms with Crippen molar-refractivity contribution in [3.8, 4) is 5.75 Å². The maximum atomic E-state index is 13.9. The number of nitrogens with zero attached hydrogens (tertiary/aromatic N) is 1. The number of nitrogens with one attached hydrogen (secondary N) is 1. The van der Waals surface area contributed by atoms with Gasteiger partial charge in [0, 0.05) is 30.8 Å². The van der Waals surface area contributed by atoms with E-state index in [4.69, 9.17) is 9.47 Å². The maximum absolute atomic E-state index is 13.9. The molecule has 3 aromatic rings. The molecule has 1 N–H and O–H groups in total. The van der Waals surface area contributed by atoms with Gasteiger partial charge >= 0.3 is 0 Å². The van der Waals surface area contributed by atoms with Crippen molar-refractivity contribution in [2.24, 2.45) is 0 Å². The minimum Gasteiger partial charge on any atom is -0.494 e. The van der Waals surface area contributed by atoms with E-state index in [0.717, 1.165) is 10.9 Å². The number of ether oxygens (including phenoxy) is 2. The van der Waals surface area contributed by atoms with Crippen LogP contribution in [0.1, 0.15) is 28.9 Å². The molecule has 27 heavy (non-hydrogen) atoms. The van der Waals surface area contributed by atoms with E-state index in [2.05, 4.69) is 5.32 Å². The first-order chi connectivity index (χ1) is 13.0. The first-order valence-corrected chi connectivity index (χ1v) is 8.76. The maximum Gasteiger partial charge on any atom is 0.253 e. The minimum atomic E-state index is -0.452. The Kier molecular flexibility index (Phi) is 5.76. The zero-order valence-corrected chi connectivity index (χ0v) is 15.7. The third-order valence-electron chi connectivity index (χ3n) is 4.59. The van der Waals surface area contributed by atoms with E-state index in [9.17, 15) is 9.18 Å². The van der Waals surface area contributed by atoms with Gasteiger partial charge in [-0.15, -0.1) is 0 Å². The van der Waals surface area contributed by atoms with Crippen LogP contribution in [0, 0.1) is 5.82 Å². The molecule has 0 saturated heterocycles. The Bertz CT molecular complexity index is 952. The fraction of sp³-hybridized carbons (Fsp3) is 0.286. The monoisotopic (exact) mass is 370 g/mol. The van der Waals surface area contributed by atoms with Gasteiger partial charge in [-0.05, 0) is 30.7 Å². The van der Waals surface area contributed by atoms with E-state index in [-0.39, 0.29) is 17.7 Å². The predicted octanol–water partition coefficient (Wildman–Crippen LogP) is 3.93. The summed E-state index contributed by atoms with van der Waals surface area (Å²) >= 11 is 0. The molecule has 0 aliphatic rings. The van der Waals surface area contributed by atoms with Crippen molar-refractivity contribution in [1.82, 2.24) is 9.88 Å². The molecule has 6 heteroatoms. The van der Waals surface area contributed by atoms with Crippen molar-refractivity contribution in [3.63, 3.8) is 0 Å². The molecule has 0 aliphatic heterocycles. The standard InChI is InChI=1S/C21H23FN2O3/c1-14(15-8-9-20(27-3)18(22)12-15)23-21(25)17-13-24(10-11-26-2)19-7-5-4-6-16(17)19/h4-9,12-14H,10-11H2,1-3H3,(H,23,25). The molecule has 1 unspecified atom stereocenters. The summed E-state index contributed by atoms with van der Waals surface area (Å²) in [7, 11) is 3.07. The number of carbonyl (C=O) groups is 1. The number of rotatable bonds is 7. The van der Waals surface area contributed by atoms with Crippen molar-refractivity contribution >= 4 is 16.8 Å². The number of methoxy groups -OCH3 is 2. The second-order valence-electron chi connectivity index (χ2n) is 6.34. The molecule has 1 aromatic heterocycles. The Hall–Kier alpha value is -2.86. The van der Waals surface area contributed by atoms with Gasteiger partial charge in [0.15, 0.2) is 11.6 Å². The molecule has 2 aromatic carbocycles. The van der Waals surface area contributed by atoms with Crippen LogP contribution >= 0.6 is 0 Å². The Morgan fingerprint density at radius 2 is 2.00 bits per heavy atom. The normalized spacial score (nSPS) is 12.1. The van der Waals surface area contributed by atoms with E-state index in [1.54, 1.807) is 19.2 Å². The zero-order chi connectivity index (χ0) is 19.4. The first-order valence-electron chi connectivity index (χ1n) is 8.76. The van der Waals surface area contributed by atoms with Crippen LogP contribution in [0.15, 0.2) is 48.7 Å². The molecule has 0 bridgehead atoms. The second-order valence-corrected chi connectivity index (χ2v) is 6.34. The third-order valence-corrected chi connectivity index (χ3v) is 4.59. The Morgan fingerprint density at radius 1 is 1.22 bits per heavy atom. The van der Waals surface area contributed by atoms with Gasteiger partial charge in [0.05, 0.1) is 25.3 Å². The van der Waals surface area contributed by atoms with E-state index >= 15 is 0 Å². The zero-order valence-electron chi connectivity index (χ0n) is 15.7. The van der Waals surface area contributed by atoms with Crippen molar-refractivity contribution in [1.29, 1.82) is 0 Å². The lowest BCUT2D eigenvalue weighted by Gasteiger charge is -2.15. The summed E-state index contributed by atoms with van der Waals surface area (Å²) in [4.78, 5) is 12.9. The number of hydrogen-bond acceptors (Lipinski definition) is 3. The van der Waals surface area contributed by atoms with Crippen LogP contribution in [-0.4, -0.2) is 31.3 Å². The average Bonchev–Trinajstić information content (AvgIpc) is 3.05. The fourth-order valence-corrected chi connectivity index (χ4v) is 3.11.